The first-order valence-corrected chi connectivity index (χ1v) is 10.3. The van der Waals surface area contributed by atoms with Crippen LogP contribution < -0.4 is 5.32 Å². The molecule has 2 aromatic carbocycles. The number of carbonyl (C=O) groups is 2. The van der Waals surface area contributed by atoms with Gasteiger partial charge in [-0.3, -0.25) is 4.79 Å². The van der Waals surface area contributed by atoms with Crippen molar-refractivity contribution in [3.63, 3.8) is 0 Å². The number of carbonyl (C=O) groups excluding carboxylic acids is 1. The predicted octanol–water partition coefficient (Wildman–Crippen LogP) is 5.62. The van der Waals surface area contributed by atoms with Crippen molar-refractivity contribution in [3.05, 3.63) is 86.8 Å². The Morgan fingerprint density at radius 1 is 1.11 bits per heavy atom. The molecule has 2 N–H and O–H groups in total. The first-order chi connectivity index (χ1) is 13.5. The lowest BCUT2D eigenvalue weighted by Crippen LogP contribution is -2.17. The van der Waals surface area contributed by atoms with Crippen LogP contribution >= 0.6 is 22.9 Å². The van der Waals surface area contributed by atoms with Gasteiger partial charge in [-0.25, -0.2) is 4.79 Å². The van der Waals surface area contributed by atoms with Gasteiger partial charge in [0.2, 0.25) is 0 Å². The molecule has 1 aliphatic carbocycles. The Balaban J connectivity index is 1.62. The van der Waals surface area contributed by atoms with E-state index in [1.807, 2.05) is 17.5 Å². The smallest absolute Gasteiger partial charge is 0.339 e. The van der Waals surface area contributed by atoms with Gasteiger partial charge < -0.3 is 10.4 Å². The first kappa shape index (κ1) is 18.7. The van der Waals surface area contributed by atoms with Crippen LogP contribution in [0.5, 0.6) is 0 Å². The van der Waals surface area contributed by atoms with Crippen LogP contribution in [0.2, 0.25) is 5.02 Å². The summed E-state index contributed by atoms with van der Waals surface area (Å²) in [6.45, 7) is 0. The molecule has 28 heavy (non-hydrogen) atoms. The van der Waals surface area contributed by atoms with E-state index >= 15 is 0 Å². The summed E-state index contributed by atoms with van der Waals surface area (Å²) in [4.78, 5) is 24.5. The van der Waals surface area contributed by atoms with Gasteiger partial charge in [-0.2, -0.15) is 0 Å². The highest BCUT2D eigenvalue weighted by Crippen LogP contribution is 2.39. The SMILES string of the molecule is O=C(Nc1scc(C2CCc3ccccc3C2)c1C(=O)O)c1cccc(Cl)c1. The van der Waals surface area contributed by atoms with Crippen LogP contribution in [-0.2, 0) is 12.8 Å². The fourth-order valence-corrected chi connectivity index (χ4v) is 4.97. The Kier molecular flexibility index (Phi) is 5.20. The molecule has 0 spiro atoms. The number of rotatable bonds is 4. The second-order valence-corrected chi connectivity index (χ2v) is 8.19. The maximum absolute atomic E-state index is 12.5. The minimum Gasteiger partial charge on any atom is -0.478 e. The summed E-state index contributed by atoms with van der Waals surface area (Å²) in [5, 5.41) is 15.3. The molecule has 142 valence electrons. The Bertz CT molecular complexity index is 1060. The van der Waals surface area contributed by atoms with E-state index in [9.17, 15) is 14.7 Å². The van der Waals surface area contributed by atoms with E-state index in [1.165, 1.54) is 22.5 Å². The van der Waals surface area contributed by atoms with Gasteiger partial charge in [-0.15, -0.1) is 11.3 Å². The Morgan fingerprint density at radius 2 is 1.89 bits per heavy atom. The van der Waals surface area contributed by atoms with E-state index in [0.717, 1.165) is 24.8 Å². The van der Waals surface area contributed by atoms with Gasteiger partial charge in [0.1, 0.15) is 5.00 Å². The second-order valence-electron chi connectivity index (χ2n) is 6.87. The highest BCUT2D eigenvalue weighted by atomic mass is 35.5. The van der Waals surface area contributed by atoms with E-state index in [0.29, 0.717) is 15.6 Å². The van der Waals surface area contributed by atoms with Crippen molar-refractivity contribution in [3.8, 4) is 0 Å². The molecule has 0 saturated carbocycles. The minimum absolute atomic E-state index is 0.133. The highest BCUT2D eigenvalue weighted by Gasteiger charge is 2.28. The van der Waals surface area contributed by atoms with Gasteiger partial charge in [-0.05, 0) is 65.4 Å². The molecule has 1 heterocycles. The normalized spacial score (nSPS) is 15.7. The monoisotopic (exact) mass is 411 g/mol. The lowest BCUT2D eigenvalue weighted by molar-refractivity contribution is 0.0696. The minimum atomic E-state index is -1.02. The summed E-state index contributed by atoms with van der Waals surface area (Å²) in [5.74, 6) is -1.25. The van der Waals surface area contributed by atoms with E-state index in [4.69, 9.17) is 11.6 Å². The lowest BCUT2D eigenvalue weighted by atomic mass is 9.80. The van der Waals surface area contributed by atoms with Crippen molar-refractivity contribution >= 4 is 39.8 Å². The van der Waals surface area contributed by atoms with E-state index in [1.54, 1.807) is 24.3 Å². The summed E-state index contributed by atoms with van der Waals surface area (Å²) in [6, 6.07) is 14.9. The number of carboxylic acids is 1. The Labute approximate surface area is 171 Å². The van der Waals surface area contributed by atoms with Gasteiger partial charge in [0.15, 0.2) is 0 Å². The molecule has 1 aromatic heterocycles. The Morgan fingerprint density at radius 3 is 2.64 bits per heavy atom. The average Bonchev–Trinajstić information content (AvgIpc) is 3.11. The van der Waals surface area contributed by atoms with Crippen molar-refractivity contribution in [1.82, 2.24) is 0 Å². The summed E-state index contributed by atoms with van der Waals surface area (Å²) in [5.41, 5.74) is 4.00. The summed E-state index contributed by atoms with van der Waals surface area (Å²) in [6.07, 6.45) is 2.64. The van der Waals surface area contributed by atoms with Crippen molar-refractivity contribution in [2.75, 3.05) is 5.32 Å². The van der Waals surface area contributed by atoms with Crippen molar-refractivity contribution in [1.29, 1.82) is 0 Å². The standard InChI is InChI=1S/C22H18ClNO3S/c23-17-7-3-6-16(11-17)20(25)24-21-19(22(26)27)18(12-28-21)15-9-8-13-4-1-2-5-14(13)10-15/h1-7,11-12,15H,8-10H2,(H,24,25)(H,26,27). The van der Waals surface area contributed by atoms with Gasteiger partial charge in [-0.1, -0.05) is 41.9 Å². The largest absolute Gasteiger partial charge is 0.478 e. The zero-order valence-corrected chi connectivity index (χ0v) is 16.5. The van der Waals surface area contributed by atoms with Gasteiger partial charge in [0.25, 0.3) is 5.91 Å². The Hall–Kier alpha value is -2.63. The maximum atomic E-state index is 12.5. The number of halogens is 1. The zero-order chi connectivity index (χ0) is 19.7. The predicted molar refractivity (Wildman–Crippen MR) is 112 cm³/mol. The van der Waals surface area contributed by atoms with Crippen LogP contribution in [0.25, 0.3) is 0 Å². The topological polar surface area (TPSA) is 66.4 Å². The molecular weight excluding hydrogens is 394 g/mol. The molecular formula is C22H18ClNO3S. The third kappa shape index (κ3) is 3.68. The molecule has 1 amide bonds. The molecule has 3 aromatic rings. The first-order valence-electron chi connectivity index (χ1n) is 9.01. The number of carboxylic acid groups (broad SMARTS) is 1. The van der Waals surface area contributed by atoms with Crippen LogP contribution in [0.1, 0.15) is 49.7 Å². The van der Waals surface area contributed by atoms with Gasteiger partial charge >= 0.3 is 5.97 Å². The molecule has 4 rings (SSSR count). The lowest BCUT2D eigenvalue weighted by Gasteiger charge is -2.24. The molecule has 1 unspecified atom stereocenters. The number of thiophene rings is 1. The molecule has 0 saturated heterocycles. The third-order valence-corrected chi connectivity index (χ3v) is 6.28. The zero-order valence-electron chi connectivity index (χ0n) is 14.9. The van der Waals surface area contributed by atoms with Crippen LogP contribution in [0.3, 0.4) is 0 Å². The summed E-state index contributed by atoms with van der Waals surface area (Å²) in [7, 11) is 0. The number of aryl methyl sites for hydroxylation is 1. The van der Waals surface area contributed by atoms with Crippen molar-refractivity contribution < 1.29 is 14.7 Å². The number of nitrogens with one attached hydrogen (secondary N) is 1. The maximum Gasteiger partial charge on any atom is 0.339 e. The third-order valence-electron chi connectivity index (χ3n) is 5.13. The highest BCUT2D eigenvalue weighted by molar-refractivity contribution is 7.15. The molecule has 0 radical (unpaired) electrons. The second kappa shape index (κ2) is 7.78. The van der Waals surface area contributed by atoms with Crippen LogP contribution in [0.4, 0.5) is 5.00 Å². The van der Waals surface area contributed by atoms with Gasteiger partial charge in [0.05, 0.1) is 5.56 Å². The quantitative estimate of drug-likeness (QED) is 0.585. The molecule has 4 nitrogen and oxygen atoms in total. The fourth-order valence-electron chi connectivity index (χ4n) is 3.75. The molecule has 0 aliphatic heterocycles. The van der Waals surface area contributed by atoms with Crippen LogP contribution in [-0.4, -0.2) is 17.0 Å². The fraction of sp³-hybridized carbons (Fsp3) is 0.182. The summed E-state index contributed by atoms with van der Waals surface area (Å²) < 4.78 is 0. The molecule has 0 bridgehead atoms. The molecule has 1 aliphatic rings. The number of aromatic carboxylic acids is 1. The van der Waals surface area contributed by atoms with Crippen molar-refractivity contribution in [2.24, 2.45) is 0 Å². The van der Waals surface area contributed by atoms with Crippen molar-refractivity contribution in [2.45, 2.75) is 25.2 Å². The van der Waals surface area contributed by atoms with Crippen LogP contribution in [0.15, 0.2) is 53.9 Å². The van der Waals surface area contributed by atoms with Crippen LogP contribution in [0, 0.1) is 0 Å². The number of anilines is 1. The number of fused-ring (bicyclic) bond motifs is 1. The number of hydrogen-bond donors (Lipinski definition) is 2. The molecule has 0 fully saturated rings. The summed E-state index contributed by atoms with van der Waals surface area (Å²) >= 11 is 7.21. The average molecular weight is 412 g/mol. The number of hydrogen-bond acceptors (Lipinski definition) is 3. The van der Waals surface area contributed by atoms with E-state index in [2.05, 4.69) is 17.4 Å². The molecule has 1 atom stereocenters. The van der Waals surface area contributed by atoms with E-state index < -0.39 is 5.97 Å². The molecule has 6 heteroatoms. The number of amides is 1. The van der Waals surface area contributed by atoms with Gasteiger partial charge in [0, 0.05) is 10.6 Å². The van der Waals surface area contributed by atoms with E-state index in [-0.39, 0.29) is 17.4 Å². The number of benzene rings is 2.